The lowest BCUT2D eigenvalue weighted by atomic mass is 10.1. The lowest BCUT2D eigenvalue weighted by Crippen LogP contribution is -2.18. The molecule has 0 unspecified atom stereocenters. The monoisotopic (exact) mass is 464 g/mol. The van der Waals surface area contributed by atoms with Crippen LogP contribution in [-0.4, -0.2) is 36.2 Å². The van der Waals surface area contributed by atoms with Gasteiger partial charge in [0.15, 0.2) is 5.16 Å². The van der Waals surface area contributed by atoms with Gasteiger partial charge in [0.05, 0.1) is 18.5 Å². The number of thioether (sulfide) groups is 1. The molecule has 3 heterocycles. The van der Waals surface area contributed by atoms with Crippen molar-refractivity contribution in [2.45, 2.75) is 43.9 Å². The van der Waals surface area contributed by atoms with Crippen molar-refractivity contribution in [1.82, 2.24) is 24.5 Å². The average Bonchev–Trinajstić information content (AvgIpc) is 3.12. The van der Waals surface area contributed by atoms with Crippen molar-refractivity contribution in [3.8, 4) is 0 Å². The summed E-state index contributed by atoms with van der Waals surface area (Å²) in [5.74, 6) is 1.87. The Bertz CT molecular complexity index is 1210. The number of thiophene rings is 1. The molecule has 4 aromatic rings. The molecule has 1 fully saturated rings. The predicted molar refractivity (Wildman–Crippen MR) is 127 cm³/mol. The van der Waals surface area contributed by atoms with E-state index in [1.165, 1.54) is 22.2 Å². The maximum absolute atomic E-state index is 12.7. The number of carbonyl (C=O) groups is 1. The highest BCUT2D eigenvalue weighted by Crippen LogP contribution is 2.39. The molecule has 32 heavy (non-hydrogen) atoms. The number of nitrogens with one attached hydrogen (secondary N) is 1. The fraction of sp³-hybridized carbons (Fsp3) is 0.304. The van der Waals surface area contributed by atoms with Crippen molar-refractivity contribution in [1.29, 1.82) is 0 Å². The van der Waals surface area contributed by atoms with E-state index in [4.69, 9.17) is 0 Å². The number of hydrogen-bond donors (Lipinski definition) is 1. The Morgan fingerprint density at radius 2 is 2.12 bits per heavy atom. The van der Waals surface area contributed by atoms with Crippen LogP contribution in [0, 0.1) is 6.92 Å². The fourth-order valence-corrected chi connectivity index (χ4v) is 5.18. The molecule has 0 aliphatic heterocycles. The number of anilines is 1. The zero-order chi connectivity index (χ0) is 21.9. The molecule has 0 spiro atoms. The quantitative estimate of drug-likeness (QED) is 0.368. The highest BCUT2D eigenvalue weighted by atomic mass is 32.2. The molecule has 164 valence electrons. The summed E-state index contributed by atoms with van der Waals surface area (Å²) < 4.78 is 4.03. The van der Waals surface area contributed by atoms with E-state index in [1.54, 1.807) is 17.5 Å². The molecule has 7 nitrogen and oxygen atoms in total. The van der Waals surface area contributed by atoms with Gasteiger partial charge in [-0.05, 0) is 36.8 Å². The molecule has 0 bridgehead atoms. The van der Waals surface area contributed by atoms with Crippen molar-refractivity contribution >= 4 is 34.8 Å². The topological polar surface area (TPSA) is 77.6 Å². The molecule has 0 radical (unpaired) electrons. The van der Waals surface area contributed by atoms with Crippen LogP contribution >= 0.6 is 23.1 Å². The second kappa shape index (κ2) is 9.30. The molecule has 5 rings (SSSR count). The zero-order valence-corrected chi connectivity index (χ0v) is 19.4. The number of rotatable bonds is 9. The van der Waals surface area contributed by atoms with Crippen LogP contribution in [0.2, 0.25) is 0 Å². The Morgan fingerprint density at radius 3 is 2.91 bits per heavy atom. The Kier molecular flexibility index (Phi) is 6.09. The van der Waals surface area contributed by atoms with Gasteiger partial charge in [-0.2, -0.15) is 5.10 Å². The minimum Gasteiger partial charge on any atom is -0.310 e. The van der Waals surface area contributed by atoms with E-state index in [9.17, 15) is 4.79 Å². The summed E-state index contributed by atoms with van der Waals surface area (Å²) in [5, 5.41) is 19.1. The minimum atomic E-state index is -0.0776. The standard InChI is InChI=1S/C23H24N6OS2/c1-16-4-2-5-17(12-16)14-28-20(9-10-24-28)25-22(30)15-32-23-27-26-21(29(23)18-7-8-18)13-19-6-3-11-31-19/h2-6,9-12,18H,7-8,13-15H2,1H3,(H,25,30). The van der Waals surface area contributed by atoms with Crippen molar-refractivity contribution in [2.24, 2.45) is 0 Å². The van der Waals surface area contributed by atoms with Crippen molar-refractivity contribution in [3.63, 3.8) is 0 Å². The summed E-state index contributed by atoms with van der Waals surface area (Å²) in [4.78, 5) is 13.9. The first kappa shape index (κ1) is 21.0. The van der Waals surface area contributed by atoms with Gasteiger partial charge in [-0.1, -0.05) is 47.7 Å². The molecule has 1 amide bonds. The molecule has 1 aromatic carbocycles. The maximum atomic E-state index is 12.7. The van der Waals surface area contributed by atoms with Crippen LogP contribution in [0.5, 0.6) is 0 Å². The summed E-state index contributed by atoms with van der Waals surface area (Å²) >= 11 is 3.17. The Morgan fingerprint density at radius 1 is 1.22 bits per heavy atom. The molecule has 1 aliphatic rings. The Hall–Kier alpha value is -2.91. The van der Waals surface area contributed by atoms with E-state index < -0.39 is 0 Å². The van der Waals surface area contributed by atoms with Crippen molar-refractivity contribution in [3.05, 3.63) is 75.9 Å². The van der Waals surface area contributed by atoms with Gasteiger partial charge < -0.3 is 9.88 Å². The van der Waals surface area contributed by atoms with E-state index in [-0.39, 0.29) is 11.7 Å². The van der Waals surface area contributed by atoms with E-state index in [0.29, 0.717) is 18.4 Å². The summed E-state index contributed by atoms with van der Waals surface area (Å²) in [7, 11) is 0. The number of benzene rings is 1. The molecule has 1 aliphatic carbocycles. The number of carbonyl (C=O) groups excluding carboxylic acids is 1. The SMILES string of the molecule is Cc1cccc(Cn2nccc2NC(=O)CSc2nnc(Cc3cccs3)n2C2CC2)c1. The van der Waals surface area contributed by atoms with Gasteiger partial charge in [0.2, 0.25) is 5.91 Å². The minimum absolute atomic E-state index is 0.0776. The van der Waals surface area contributed by atoms with Gasteiger partial charge in [0.1, 0.15) is 11.6 Å². The zero-order valence-electron chi connectivity index (χ0n) is 17.8. The van der Waals surface area contributed by atoms with Crippen LogP contribution in [0.25, 0.3) is 0 Å². The molecular weight excluding hydrogens is 440 g/mol. The summed E-state index contributed by atoms with van der Waals surface area (Å²) in [6.07, 6.45) is 4.78. The molecule has 1 N–H and O–H groups in total. The molecule has 0 saturated heterocycles. The van der Waals surface area contributed by atoms with Gasteiger partial charge in [0, 0.05) is 23.4 Å². The highest BCUT2D eigenvalue weighted by molar-refractivity contribution is 7.99. The predicted octanol–water partition coefficient (Wildman–Crippen LogP) is 4.55. The van der Waals surface area contributed by atoms with Gasteiger partial charge in [-0.15, -0.1) is 21.5 Å². The Labute approximate surface area is 194 Å². The van der Waals surface area contributed by atoms with Crippen LogP contribution in [0.3, 0.4) is 0 Å². The van der Waals surface area contributed by atoms with Crippen molar-refractivity contribution < 1.29 is 4.79 Å². The highest BCUT2D eigenvalue weighted by Gasteiger charge is 2.30. The number of aryl methyl sites for hydroxylation is 1. The van der Waals surface area contributed by atoms with Gasteiger partial charge in [-0.3, -0.25) is 4.79 Å². The molecule has 3 aromatic heterocycles. The van der Waals surface area contributed by atoms with Crippen LogP contribution < -0.4 is 5.32 Å². The lowest BCUT2D eigenvalue weighted by molar-refractivity contribution is -0.113. The first-order valence-corrected chi connectivity index (χ1v) is 12.5. The summed E-state index contributed by atoms with van der Waals surface area (Å²) in [6.45, 7) is 2.68. The first-order chi connectivity index (χ1) is 15.7. The third kappa shape index (κ3) is 4.94. The molecule has 1 saturated carbocycles. The maximum Gasteiger partial charge on any atom is 0.235 e. The Balaban J connectivity index is 1.22. The second-order valence-electron chi connectivity index (χ2n) is 7.96. The molecular formula is C23H24N6OS2. The molecule has 9 heteroatoms. The van der Waals surface area contributed by atoms with E-state index in [2.05, 4.69) is 67.8 Å². The van der Waals surface area contributed by atoms with E-state index in [1.807, 2.05) is 16.8 Å². The number of hydrogen-bond acceptors (Lipinski definition) is 6. The second-order valence-corrected chi connectivity index (χ2v) is 9.93. The smallest absolute Gasteiger partial charge is 0.235 e. The number of amides is 1. The summed E-state index contributed by atoms with van der Waals surface area (Å²) in [5.41, 5.74) is 2.35. The van der Waals surface area contributed by atoms with Crippen LogP contribution in [0.1, 0.15) is 40.7 Å². The summed E-state index contributed by atoms with van der Waals surface area (Å²) in [6, 6.07) is 14.8. The van der Waals surface area contributed by atoms with E-state index >= 15 is 0 Å². The lowest BCUT2D eigenvalue weighted by Gasteiger charge is -2.10. The van der Waals surface area contributed by atoms with E-state index in [0.717, 1.165) is 35.8 Å². The van der Waals surface area contributed by atoms with Gasteiger partial charge in [0.25, 0.3) is 0 Å². The van der Waals surface area contributed by atoms with Crippen molar-refractivity contribution in [2.75, 3.05) is 11.1 Å². The van der Waals surface area contributed by atoms with Crippen LogP contribution in [0.15, 0.2) is 59.2 Å². The van der Waals surface area contributed by atoms with Gasteiger partial charge >= 0.3 is 0 Å². The molecule has 0 atom stereocenters. The normalized spacial score (nSPS) is 13.4. The number of nitrogens with zero attached hydrogens (tertiary/aromatic N) is 5. The van der Waals surface area contributed by atoms with Crippen LogP contribution in [-0.2, 0) is 17.8 Å². The first-order valence-electron chi connectivity index (χ1n) is 10.6. The average molecular weight is 465 g/mol. The van der Waals surface area contributed by atoms with Crippen LogP contribution in [0.4, 0.5) is 5.82 Å². The number of aromatic nitrogens is 5. The third-order valence-electron chi connectivity index (χ3n) is 5.29. The largest absolute Gasteiger partial charge is 0.310 e. The van der Waals surface area contributed by atoms with Gasteiger partial charge in [-0.25, -0.2) is 4.68 Å². The third-order valence-corrected chi connectivity index (χ3v) is 7.11. The fourth-order valence-electron chi connectivity index (χ4n) is 3.65.